The van der Waals surface area contributed by atoms with Gasteiger partial charge in [-0.15, -0.1) is 5.10 Å². The zero-order chi connectivity index (χ0) is 19.9. The third kappa shape index (κ3) is 4.40. The van der Waals surface area contributed by atoms with E-state index in [4.69, 9.17) is 0 Å². The molecule has 1 aromatic heterocycles. The summed E-state index contributed by atoms with van der Waals surface area (Å²) in [7, 11) is 0. The van der Waals surface area contributed by atoms with Gasteiger partial charge in [0.15, 0.2) is 0 Å². The fourth-order valence-corrected chi connectivity index (χ4v) is 2.71. The molecule has 0 unspecified atom stereocenters. The van der Waals surface area contributed by atoms with Crippen molar-refractivity contribution in [1.29, 1.82) is 0 Å². The van der Waals surface area contributed by atoms with Crippen LogP contribution in [0, 0.1) is 0 Å². The lowest BCUT2D eigenvalue weighted by atomic mass is 10.1. The van der Waals surface area contributed by atoms with E-state index in [0.717, 1.165) is 6.42 Å². The molecule has 0 atom stereocenters. The number of fused-ring (bicyclic) bond motifs is 1. The van der Waals surface area contributed by atoms with Crippen molar-refractivity contribution in [3.05, 3.63) is 64.4 Å². The molecule has 144 valence electrons. The maximum Gasteiger partial charge on any atom is 0.277 e. The molecule has 0 spiro atoms. The highest BCUT2D eigenvalue weighted by atomic mass is 16.2. The number of hydrogen-bond donors (Lipinski definition) is 2. The molecular weight excluding hydrogens is 358 g/mol. The molecule has 2 amide bonds. The van der Waals surface area contributed by atoms with Gasteiger partial charge in [-0.05, 0) is 30.7 Å². The quantitative estimate of drug-likeness (QED) is 0.653. The number of carbonyl (C=O) groups is 2. The van der Waals surface area contributed by atoms with E-state index in [1.54, 1.807) is 48.5 Å². The van der Waals surface area contributed by atoms with Gasteiger partial charge in [-0.2, -0.15) is 0 Å². The zero-order valence-corrected chi connectivity index (χ0v) is 15.5. The van der Waals surface area contributed by atoms with Crippen molar-refractivity contribution in [2.24, 2.45) is 0 Å². The molecule has 2 aromatic carbocycles. The van der Waals surface area contributed by atoms with Gasteiger partial charge in [-0.25, -0.2) is 4.68 Å². The fourth-order valence-electron chi connectivity index (χ4n) is 2.71. The zero-order valence-electron chi connectivity index (χ0n) is 15.5. The van der Waals surface area contributed by atoms with Crippen LogP contribution in [0.25, 0.3) is 10.9 Å². The molecule has 8 nitrogen and oxygen atoms in total. The first-order valence-corrected chi connectivity index (χ1v) is 9.09. The van der Waals surface area contributed by atoms with Gasteiger partial charge in [0, 0.05) is 13.0 Å². The van der Waals surface area contributed by atoms with E-state index in [9.17, 15) is 14.4 Å². The van der Waals surface area contributed by atoms with Crippen LogP contribution >= 0.6 is 0 Å². The Hall–Kier alpha value is -3.55. The molecule has 0 saturated carbocycles. The smallest absolute Gasteiger partial charge is 0.277 e. The second-order valence-corrected chi connectivity index (χ2v) is 6.23. The predicted molar refractivity (Wildman–Crippen MR) is 106 cm³/mol. The minimum absolute atomic E-state index is 0.0256. The number of hydrogen-bond acceptors (Lipinski definition) is 5. The Morgan fingerprint density at radius 2 is 1.82 bits per heavy atom. The number of nitrogens with one attached hydrogen (secondary N) is 2. The van der Waals surface area contributed by atoms with Gasteiger partial charge in [-0.1, -0.05) is 36.4 Å². The van der Waals surface area contributed by atoms with Gasteiger partial charge in [-0.3, -0.25) is 14.4 Å². The molecule has 1 heterocycles. The lowest BCUT2D eigenvalue weighted by molar-refractivity contribution is -0.116. The minimum atomic E-state index is -0.322. The van der Waals surface area contributed by atoms with Crippen molar-refractivity contribution >= 4 is 28.4 Å². The van der Waals surface area contributed by atoms with E-state index in [1.165, 1.54) is 4.68 Å². The number of amides is 2. The molecule has 3 rings (SSSR count). The molecule has 28 heavy (non-hydrogen) atoms. The second kappa shape index (κ2) is 8.90. The monoisotopic (exact) mass is 379 g/mol. The lowest BCUT2D eigenvalue weighted by Gasteiger charge is -2.11. The molecule has 8 heteroatoms. The van der Waals surface area contributed by atoms with Crippen LogP contribution in [0.3, 0.4) is 0 Å². The number of anilines is 1. The Kier molecular flexibility index (Phi) is 6.11. The second-order valence-electron chi connectivity index (χ2n) is 6.23. The molecule has 0 aliphatic carbocycles. The van der Waals surface area contributed by atoms with Crippen LogP contribution in [0.2, 0.25) is 0 Å². The lowest BCUT2D eigenvalue weighted by Crippen LogP contribution is -2.28. The van der Waals surface area contributed by atoms with Crippen LogP contribution < -0.4 is 16.2 Å². The fraction of sp³-hybridized carbons (Fsp3) is 0.250. The summed E-state index contributed by atoms with van der Waals surface area (Å²) in [6.07, 6.45) is 0.847. The number of carbonyl (C=O) groups excluding carboxylic acids is 2. The molecule has 0 saturated heterocycles. The average Bonchev–Trinajstić information content (AvgIpc) is 2.72. The third-order valence-electron chi connectivity index (χ3n) is 4.16. The number of aryl methyl sites for hydroxylation is 1. The number of rotatable bonds is 7. The first kappa shape index (κ1) is 19.2. The van der Waals surface area contributed by atoms with E-state index < -0.39 is 0 Å². The largest absolute Gasteiger partial charge is 0.352 e. The van der Waals surface area contributed by atoms with Crippen molar-refractivity contribution < 1.29 is 9.59 Å². The van der Waals surface area contributed by atoms with E-state index in [-0.39, 0.29) is 30.3 Å². The van der Waals surface area contributed by atoms with Crippen molar-refractivity contribution in [2.75, 3.05) is 11.9 Å². The number of benzene rings is 2. The Bertz CT molecular complexity index is 1060. The van der Waals surface area contributed by atoms with Crippen LogP contribution in [0.1, 0.15) is 30.1 Å². The minimum Gasteiger partial charge on any atom is -0.352 e. The molecule has 2 N–H and O–H groups in total. The van der Waals surface area contributed by atoms with Gasteiger partial charge in [0.05, 0.1) is 23.2 Å². The maximum absolute atomic E-state index is 12.4. The summed E-state index contributed by atoms with van der Waals surface area (Å²) < 4.78 is 1.17. The van der Waals surface area contributed by atoms with Crippen LogP contribution in [-0.4, -0.2) is 33.4 Å². The highest BCUT2D eigenvalue weighted by Gasteiger charge is 2.13. The topological polar surface area (TPSA) is 106 Å². The van der Waals surface area contributed by atoms with E-state index >= 15 is 0 Å². The molecule has 0 bridgehead atoms. The Morgan fingerprint density at radius 1 is 1.07 bits per heavy atom. The maximum atomic E-state index is 12.4. The number of para-hydroxylation sites is 1. The summed E-state index contributed by atoms with van der Waals surface area (Å²) in [6.45, 7) is 2.61. The van der Waals surface area contributed by atoms with Crippen LogP contribution in [0.15, 0.2) is 53.3 Å². The first-order valence-electron chi connectivity index (χ1n) is 9.09. The third-order valence-corrected chi connectivity index (χ3v) is 4.16. The van der Waals surface area contributed by atoms with Crippen LogP contribution in [0.4, 0.5) is 5.69 Å². The molecule has 0 radical (unpaired) electrons. The van der Waals surface area contributed by atoms with Gasteiger partial charge in [0.1, 0.15) is 5.52 Å². The molecule has 3 aromatic rings. The molecule has 0 aliphatic heterocycles. The molecule has 0 fully saturated rings. The van der Waals surface area contributed by atoms with Crippen LogP contribution in [-0.2, 0) is 11.3 Å². The van der Waals surface area contributed by atoms with Gasteiger partial charge >= 0.3 is 0 Å². The van der Waals surface area contributed by atoms with Gasteiger partial charge in [0.2, 0.25) is 5.91 Å². The number of aromatic nitrogens is 3. The predicted octanol–water partition coefficient (Wildman–Crippen LogP) is 1.96. The van der Waals surface area contributed by atoms with Crippen molar-refractivity contribution in [1.82, 2.24) is 20.3 Å². The van der Waals surface area contributed by atoms with E-state index in [1.807, 2.05) is 6.92 Å². The summed E-state index contributed by atoms with van der Waals surface area (Å²) in [5, 5.41) is 13.8. The van der Waals surface area contributed by atoms with Gasteiger partial charge in [0.25, 0.3) is 11.5 Å². The standard InChI is InChI=1S/C20H21N5O3/c1-2-12-21-19(27)14-7-3-5-9-16(14)22-18(26)11-13-25-20(28)15-8-4-6-10-17(15)23-24-25/h3-10H,2,11-13H2,1H3,(H,21,27)(H,22,26). The Labute approximate surface area is 161 Å². The summed E-state index contributed by atoms with van der Waals surface area (Å²) in [6, 6.07) is 13.7. The summed E-state index contributed by atoms with van der Waals surface area (Å²) in [5.41, 5.74) is 1.04. The number of nitrogens with zero attached hydrogens (tertiary/aromatic N) is 3. The summed E-state index contributed by atoms with van der Waals surface area (Å²) >= 11 is 0. The van der Waals surface area contributed by atoms with E-state index in [2.05, 4.69) is 20.9 Å². The SMILES string of the molecule is CCCNC(=O)c1ccccc1NC(=O)CCn1nnc2ccccc2c1=O. The van der Waals surface area contributed by atoms with E-state index in [0.29, 0.717) is 28.7 Å². The summed E-state index contributed by atoms with van der Waals surface area (Å²) in [5.74, 6) is -0.563. The molecular formula is C20H21N5O3. The van der Waals surface area contributed by atoms with Crippen molar-refractivity contribution in [3.8, 4) is 0 Å². The Balaban J connectivity index is 1.68. The average molecular weight is 379 g/mol. The van der Waals surface area contributed by atoms with Crippen molar-refractivity contribution in [2.45, 2.75) is 26.3 Å². The van der Waals surface area contributed by atoms with Crippen molar-refractivity contribution in [3.63, 3.8) is 0 Å². The highest BCUT2D eigenvalue weighted by Crippen LogP contribution is 2.15. The molecule has 0 aliphatic rings. The van der Waals surface area contributed by atoms with Crippen LogP contribution in [0.5, 0.6) is 0 Å². The summed E-state index contributed by atoms with van der Waals surface area (Å²) in [4.78, 5) is 37.0. The highest BCUT2D eigenvalue weighted by molar-refractivity contribution is 6.03. The normalized spacial score (nSPS) is 10.6. The first-order chi connectivity index (χ1) is 13.6. The Morgan fingerprint density at radius 3 is 2.64 bits per heavy atom. The van der Waals surface area contributed by atoms with Gasteiger partial charge < -0.3 is 10.6 Å².